The molecule has 0 radical (unpaired) electrons. The van der Waals surface area contributed by atoms with Crippen molar-refractivity contribution in [2.24, 2.45) is 11.7 Å². The molecule has 1 fully saturated rings. The van der Waals surface area contributed by atoms with E-state index in [2.05, 4.69) is 6.92 Å². The lowest BCUT2D eigenvalue weighted by Crippen LogP contribution is -2.31. The minimum Gasteiger partial charge on any atom is -0.328 e. The molecule has 1 nitrogen and oxygen atoms in total. The fourth-order valence-corrected chi connectivity index (χ4v) is 2.56. The predicted octanol–water partition coefficient (Wildman–Crippen LogP) is 3.06. The summed E-state index contributed by atoms with van der Waals surface area (Å²) in [6, 6.07) is 7.24. The maximum Gasteiger partial charge on any atom is 0.123 e. The summed E-state index contributed by atoms with van der Waals surface area (Å²) in [6.07, 6.45) is 3.25. The second kappa shape index (κ2) is 4.31. The normalized spacial score (nSPS) is 31.5. The van der Waals surface area contributed by atoms with Gasteiger partial charge in [-0.1, -0.05) is 19.1 Å². The van der Waals surface area contributed by atoms with Crippen molar-refractivity contribution in [3.63, 3.8) is 0 Å². The van der Waals surface area contributed by atoms with Crippen LogP contribution in [-0.2, 0) is 0 Å². The lowest BCUT2D eigenvalue weighted by Gasteiger charge is -2.32. The molecule has 1 saturated carbocycles. The number of rotatable bonds is 1. The Labute approximate surface area is 90.5 Å². The molecule has 1 aliphatic rings. The summed E-state index contributed by atoms with van der Waals surface area (Å²) in [4.78, 5) is 0. The van der Waals surface area contributed by atoms with Gasteiger partial charge in [-0.05, 0) is 48.8 Å². The minimum atomic E-state index is -0.140. The van der Waals surface area contributed by atoms with Gasteiger partial charge in [-0.3, -0.25) is 0 Å². The highest BCUT2D eigenvalue weighted by Crippen LogP contribution is 2.36. The van der Waals surface area contributed by atoms with Gasteiger partial charge in [-0.15, -0.1) is 0 Å². The highest BCUT2D eigenvalue weighted by molar-refractivity contribution is 5.22. The summed E-state index contributed by atoms with van der Waals surface area (Å²) < 4.78 is 13.1. The van der Waals surface area contributed by atoms with Crippen LogP contribution in [0.25, 0.3) is 0 Å². The van der Waals surface area contributed by atoms with E-state index in [4.69, 9.17) is 5.73 Å². The number of halogens is 1. The molecule has 1 aromatic carbocycles. The first-order valence-corrected chi connectivity index (χ1v) is 5.68. The van der Waals surface area contributed by atoms with E-state index in [-0.39, 0.29) is 11.9 Å². The average molecular weight is 207 g/mol. The van der Waals surface area contributed by atoms with Crippen LogP contribution >= 0.6 is 0 Å². The molecule has 0 aliphatic heterocycles. The summed E-state index contributed by atoms with van der Waals surface area (Å²) in [5.41, 5.74) is 7.08. The van der Waals surface area contributed by atoms with Crippen molar-refractivity contribution in [3.8, 4) is 0 Å². The number of benzene rings is 1. The minimum absolute atomic E-state index is 0.140. The van der Waals surface area contributed by atoms with Crippen LogP contribution in [0, 0.1) is 11.7 Å². The molecule has 2 heteroatoms. The molecule has 2 N–H and O–H groups in total. The smallest absolute Gasteiger partial charge is 0.123 e. The van der Waals surface area contributed by atoms with Gasteiger partial charge in [0.15, 0.2) is 0 Å². The average Bonchev–Trinajstić information content (AvgIpc) is 2.22. The summed E-state index contributed by atoms with van der Waals surface area (Å²) in [7, 11) is 0. The topological polar surface area (TPSA) is 26.0 Å². The molecule has 1 aliphatic carbocycles. The molecular formula is C13H18FN. The third-order valence-electron chi connectivity index (χ3n) is 3.51. The van der Waals surface area contributed by atoms with E-state index in [1.54, 1.807) is 12.1 Å². The van der Waals surface area contributed by atoms with Crippen LogP contribution in [0.5, 0.6) is 0 Å². The van der Waals surface area contributed by atoms with Gasteiger partial charge in [0.1, 0.15) is 5.82 Å². The summed E-state index contributed by atoms with van der Waals surface area (Å²) in [5.74, 6) is 0.912. The van der Waals surface area contributed by atoms with E-state index in [0.29, 0.717) is 11.8 Å². The zero-order chi connectivity index (χ0) is 10.8. The monoisotopic (exact) mass is 207 g/mol. The fraction of sp³-hybridized carbons (Fsp3) is 0.538. The van der Waals surface area contributed by atoms with Crippen molar-refractivity contribution in [2.75, 3.05) is 0 Å². The third-order valence-corrected chi connectivity index (χ3v) is 3.51. The van der Waals surface area contributed by atoms with Crippen LogP contribution in [0.4, 0.5) is 4.39 Å². The molecule has 0 saturated heterocycles. The lowest BCUT2D eigenvalue weighted by atomic mass is 9.75. The molecule has 0 bridgehead atoms. The maximum absolute atomic E-state index is 13.1. The SMILES string of the molecule is CC1CCC(N)CC1c1cccc(F)c1. The van der Waals surface area contributed by atoms with Gasteiger partial charge in [0.05, 0.1) is 0 Å². The Morgan fingerprint density at radius 1 is 1.33 bits per heavy atom. The first-order valence-electron chi connectivity index (χ1n) is 5.68. The second-order valence-electron chi connectivity index (χ2n) is 4.71. The zero-order valence-electron chi connectivity index (χ0n) is 9.12. The van der Waals surface area contributed by atoms with Gasteiger partial charge >= 0.3 is 0 Å². The first-order chi connectivity index (χ1) is 7.16. The fourth-order valence-electron chi connectivity index (χ4n) is 2.56. The second-order valence-corrected chi connectivity index (χ2v) is 4.71. The van der Waals surface area contributed by atoms with Crippen LogP contribution in [0.15, 0.2) is 24.3 Å². The highest BCUT2D eigenvalue weighted by Gasteiger charge is 2.26. The molecule has 3 unspecified atom stereocenters. The summed E-state index contributed by atoms with van der Waals surface area (Å²) in [6.45, 7) is 2.24. The molecule has 0 amide bonds. The molecule has 15 heavy (non-hydrogen) atoms. The van der Waals surface area contributed by atoms with Crippen molar-refractivity contribution in [1.82, 2.24) is 0 Å². The van der Waals surface area contributed by atoms with Crippen LogP contribution < -0.4 is 5.73 Å². The zero-order valence-corrected chi connectivity index (χ0v) is 9.12. The van der Waals surface area contributed by atoms with E-state index in [0.717, 1.165) is 24.8 Å². The number of hydrogen-bond acceptors (Lipinski definition) is 1. The Balaban J connectivity index is 2.21. The van der Waals surface area contributed by atoms with Gasteiger partial charge in [0.25, 0.3) is 0 Å². The van der Waals surface area contributed by atoms with Gasteiger partial charge in [-0.25, -0.2) is 4.39 Å². The van der Waals surface area contributed by atoms with Gasteiger partial charge in [0.2, 0.25) is 0 Å². The van der Waals surface area contributed by atoms with Crippen LogP contribution in [0.3, 0.4) is 0 Å². The number of nitrogens with two attached hydrogens (primary N) is 1. The Morgan fingerprint density at radius 2 is 2.13 bits per heavy atom. The third kappa shape index (κ3) is 2.37. The highest BCUT2D eigenvalue weighted by atomic mass is 19.1. The van der Waals surface area contributed by atoms with Crippen LogP contribution in [-0.4, -0.2) is 6.04 Å². The van der Waals surface area contributed by atoms with E-state index in [9.17, 15) is 4.39 Å². The molecule has 82 valence electrons. The predicted molar refractivity (Wildman–Crippen MR) is 60.1 cm³/mol. The van der Waals surface area contributed by atoms with Crippen molar-refractivity contribution in [1.29, 1.82) is 0 Å². The van der Waals surface area contributed by atoms with Crippen molar-refractivity contribution in [2.45, 2.75) is 38.1 Å². The standard InChI is InChI=1S/C13H18FN/c1-9-5-6-12(15)8-13(9)10-3-2-4-11(14)7-10/h2-4,7,9,12-13H,5-6,8,15H2,1H3. The van der Waals surface area contributed by atoms with Crippen molar-refractivity contribution < 1.29 is 4.39 Å². The molecule has 1 aromatic rings. The van der Waals surface area contributed by atoms with E-state index in [1.165, 1.54) is 6.07 Å². The molecular weight excluding hydrogens is 189 g/mol. The van der Waals surface area contributed by atoms with Gasteiger partial charge in [-0.2, -0.15) is 0 Å². The number of hydrogen-bond donors (Lipinski definition) is 1. The Morgan fingerprint density at radius 3 is 2.87 bits per heavy atom. The van der Waals surface area contributed by atoms with Gasteiger partial charge < -0.3 is 5.73 Å². The van der Waals surface area contributed by atoms with Crippen molar-refractivity contribution in [3.05, 3.63) is 35.6 Å². The van der Waals surface area contributed by atoms with Crippen molar-refractivity contribution >= 4 is 0 Å². The molecule has 2 rings (SSSR count). The van der Waals surface area contributed by atoms with E-state index < -0.39 is 0 Å². The van der Waals surface area contributed by atoms with E-state index >= 15 is 0 Å². The Hall–Kier alpha value is -0.890. The Bertz CT molecular complexity index is 337. The first kappa shape index (κ1) is 10.6. The Kier molecular flexibility index (Phi) is 3.06. The van der Waals surface area contributed by atoms with E-state index in [1.807, 2.05) is 6.07 Å². The largest absolute Gasteiger partial charge is 0.328 e. The van der Waals surface area contributed by atoms with Crippen LogP contribution in [0.1, 0.15) is 37.7 Å². The molecule has 3 atom stereocenters. The maximum atomic E-state index is 13.1. The quantitative estimate of drug-likeness (QED) is 0.752. The molecule has 0 heterocycles. The summed E-state index contributed by atoms with van der Waals surface area (Å²) >= 11 is 0. The molecule has 0 spiro atoms. The molecule has 0 aromatic heterocycles. The lowest BCUT2D eigenvalue weighted by molar-refractivity contribution is 0.299. The van der Waals surface area contributed by atoms with Crippen LogP contribution in [0.2, 0.25) is 0 Å². The summed E-state index contributed by atoms with van der Waals surface area (Å²) in [5, 5.41) is 0. The van der Waals surface area contributed by atoms with Gasteiger partial charge in [0, 0.05) is 6.04 Å².